The smallest absolute Gasteiger partial charge is 0.346 e. The zero-order valence-electron chi connectivity index (χ0n) is 16.5. The van der Waals surface area contributed by atoms with Crippen molar-refractivity contribution in [1.82, 2.24) is 0 Å². The van der Waals surface area contributed by atoms with E-state index in [1.807, 2.05) is 19.9 Å². The van der Waals surface area contributed by atoms with E-state index in [9.17, 15) is 19.2 Å². The molecular weight excluding hydrogens is 364 g/mol. The number of carboxylic acids is 1. The summed E-state index contributed by atoms with van der Waals surface area (Å²) in [5.74, 6) is -2.21. The van der Waals surface area contributed by atoms with Gasteiger partial charge in [0.05, 0.1) is 6.42 Å². The molecule has 2 atom stereocenters. The van der Waals surface area contributed by atoms with E-state index in [2.05, 4.69) is 0 Å². The molecule has 28 heavy (non-hydrogen) atoms. The van der Waals surface area contributed by atoms with Gasteiger partial charge in [0.1, 0.15) is 22.7 Å². The van der Waals surface area contributed by atoms with E-state index in [-0.39, 0.29) is 11.3 Å². The van der Waals surface area contributed by atoms with Crippen LogP contribution in [0.3, 0.4) is 0 Å². The Bertz CT molecular complexity index is 704. The second-order valence-corrected chi connectivity index (χ2v) is 7.50. The molecule has 0 aromatic carbocycles. The standard InChI is InChI=1S/C21H28O7/c1-3-14(22)9-7-5-4-6-8-11-21(2)12-10-15(28-21)18-19(25)16(13-17(23)24)27-20(18)26/h10,12,16H,3-9,11,13H2,1-2H3,(H,23,24)/b18-15-/t16-,21+/m0/s1. The number of allylic oxidation sites excluding steroid dienone is 1. The molecule has 2 aliphatic rings. The Balaban J connectivity index is 1.80. The van der Waals surface area contributed by atoms with Gasteiger partial charge in [-0.25, -0.2) is 4.79 Å². The minimum Gasteiger partial charge on any atom is -0.482 e. The van der Waals surface area contributed by atoms with Gasteiger partial charge in [-0.2, -0.15) is 0 Å². The molecule has 2 rings (SSSR count). The van der Waals surface area contributed by atoms with Crippen LogP contribution in [0, 0.1) is 0 Å². The van der Waals surface area contributed by atoms with Crippen molar-refractivity contribution in [2.45, 2.75) is 83.3 Å². The molecule has 0 unspecified atom stereocenters. The highest BCUT2D eigenvalue weighted by Gasteiger charge is 2.44. The normalized spacial score (nSPS) is 26.4. The van der Waals surface area contributed by atoms with Crippen LogP contribution in [0.25, 0.3) is 0 Å². The maximum atomic E-state index is 12.3. The van der Waals surface area contributed by atoms with Crippen molar-refractivity contribution in [3.8, 4) is 0 Å². The molecule has 0 saturated carbocycles. The minimum absolute atomic E-state index is 0.156. The summed E-state index contributed by atoms with van der Waals surface area (Å²) in [6, 6.07) is 0. The van der Waals surface area contributed by atoms with E-state index in [1.54, 1.807) is 6.08 Å². The number of ketones is 2. The van der Waals surface area contributed by atoms with Crippen molar-refractivity contribution in [1.29, 1.82) is 0 Å². The van der Waals surface area contributed by atoms with Crippen LogP contribution in [0.15, 0.2) is 23.5 Å². The number of Topliss-reactive ketones (excluding diaryl/α,β-unsaturated/α-hetero) is 2. The lowest BCUT2D eigenvalue weighted by atomic mass is 9.97. The van der Waals surface area contributed by atoms with Crippen LogP contribution in [0.2, 0.25) is 0 Å². The lowest BCUT2D eigenvalue weighted by Crippen LogP contribution is -2.23. The first-order valence-electron chi connectivity index (χ1n) is 9.87. The van der Waals surface area contributed by atoms with Crippen LogP contribution in [0.5, 0.6) is 0 Å². The molecule has 0 amide bonds. The average molecular weight is 392 g/mol. The fourth-order valence-corrected chi connectivity index (χ4v) is 3.36. The minimum atomic E-state index is -1.28. The summed E-state index contributed by atoms with van der Waals surface area (Å²) in [4.78, 5) is 46.3. The van der Waals surface area contributed by atoms with E-state index in [4.69, 9.17) is 14.6 Å². The summed E-state index contributed by atoms with van der Waals surface area (Å²) in [7, 11) is 0. The highest BCUT2D eigenvalue weighted by atomic mass is 16.6. The van der Waals surface area contributed by atoms with Crippen molar-refractivity contribution in [2.24, 2.45) is 0 Å². The molecule has 2 heterocycles. The Hall–Kier alpha value is -2.44. The summed E-state index contributed by atoms with van der Waals surface area (Å²) < 4.78 is 10.7. The molecule has 2 aliphatic heterocycles. The van der Waals surface area contributed by atoms with Gasteiger partial charge in [0, 0.05) is 12.8 Å². The Morgan fingerprint density at radius 1 is 1.14 bits per heavy atom. The fourth-order valence-electron chi connectivity index (χ4n) is 3.36. The quantitative estimate of drug-likeness (QED) is 0.249. The molecule has 0 spiro atoms. The van der Waals surface area contributed by atoms with Gasteiger partial charge in [0.15, 0.2) is 6.10 Å². The molecule has 0 aromatic rings. The summed E-state index contributed by atoms with van der Waals surface area (Å²) >= 11 is 0. The molecule has 7 nitrogen and oxygen atoms in total. The number of hydrogen-bond donors (Lipinski definition) is 1. The monoisotopic (exact) mass is 392 g/mol. The third kappa shape index (κ3) is 5.78. The largest absolute Gasteiger partial charge is 0.482 e. The van der Waals surface area contributed by atoms with Gasteiger partial charge in [0.25, 0.3) is 0 Å². The van der Waals surface area contributed by atoms with Crippen molar-refractivity contribution < 1.29 is 33.8 Å². The van der Waals surface area contributed by atoms with Gasteiger partial charge in [-0.1, -0.05) is 26.2 Å². The topological polar surface area (TPSA) is 107 Å². The summed E-state index contributed by atoms with van der Waals surface area (Å²) in [6.07, 6.45) is 8.51. The van der Waals surface area contributed by atoms with Crippen LogP contribution in [-0.4, -0.2) is 40.3 Å². The van der Waals surface area contributed by atoms with Crippen molar-refractivity contribution in [2.75, 3.05) is 0 Å². The molecule has 1 fully saturated rings. The molecule has 0 aromatic heterocycles. The van der Waals surface area contributed by atoms with Crippen LogP contribution in [-0.2, 0) is 28.7 Å². The number of unbranched alkanes of at least 4 members (excludes halogenated alkanes) is 4. The third-order valence-electron chi connectivity index (χ3n) is 5.05. The number of cyclic esters (lactones) is 1. The number of carbonyl (C=O) groups is 4. The molecule has 1 N–H and O–H groups in total. The van der Waals surface area contributed by atoms with Gasteiger partial charge in [-0.3, -0.25) is 14.4 Å². The lowest BCUT2D eigenvalue weighted by Gasteiger charge is -2.23. The Morgan fingerprint density at radius 2 is 1.82 bits per heavy atom. The predicted octanol–water partition coefficient (Wildman–Crippen LogP) is 3.26. The van der Waals surface area contributed by atoms with Crippen molar-refractivity contribution in [3.05, 3.63) is 23.5 Å². The number of rotatable bonds is 11. The van der Waals surface area contributed by atoms with Gasteiger partial charge in [-0.15, -0.1) is 0 Å². The van der Waals surface area contributed by atoms with E-state index in [0.717, 1.165) is 38.5 Å². The Morgan fingerprint density at radius 3 is 2.50 bits per heavy atom. The summed E-state index contributed by atoms with van der Waals surface area (Å²) in [5.41, 5.74) is -0.807. The molecule has 0 radical (unpaired) electrons. The van der Waals surface area contributed by atoms with Crippen LogP contribution in [0.4, 0.5) is 0 Å². The van der Waals surface area contributed by atoms with Crippen LogP contribution < -0.4 is 0 Å². The van der Waals surface area contributed by atoms with Crippen LogP contribution >= 0.6 is 0 Å². The Kier molecular flexibility index (Phi) is 7.54. The summed E-state index contributed by atoms with van der Waals surface area (Å²) in [6.45, 7) is 3.77. The second-order valence-electron chi connectivity index (χ2n) is 7.50. The molecule has 1 saturated heterocycles. The highest BCUT2D eigenvalue weighted by Crippen LogP contribution is 2.35. The molecule has 154 valence electrons. The fraction of sp³-hybridized carbons (Fsp3) is 0.619. The SMILES string of the molecule is CCC(=O)CCCCCCC[C@]1(C)C=C/C(=C2/C(=O)O[C@@H](CC(=O)O)C2=O)O1. The molecule has 0 bridgehead atoms. The number of carboxylic acid groups (broad SMARTS) is 1. The van der Waals surface area contributed by atoms with Gasteiger partial charge in [0.2, 0.25) is 5.78 Å². The molecular formula is C21H28O7. The molecule has 7 heteroatoms. The third-order valence-corrected chi connectivity index (χ3v) is 5.05. The number of aliphatic carboxylic acids is 1. The highest BCUT2D eigenvalue weighted by molar-refractivity contribution is 6.24. The number of ether oxygens (including phenoxy) is 2. The zero-order chi connectivity index (χ0) is 20.7. The first kappa shape index (κ1) is 21.9. The second kappa shape index (κ2) is 9.66. The van der Waals surface area contributed by atoms with E-state index in [1.165, 1.54) is 0 Å². The Labute approximate surface area is 164 Å². The van der Waals surface area contributed by atoms with E-state index < -0.39 is 35.8 Å². The van der Waals surface area contributed by atoms with Gasteiger partial charge < -0.3 is 14.6 Å². The van der Waals surface area contributed by atoms with E-state index >= 15 is 0 Å². The van der Waals surface area contributed by atoms with Crippen molar-refractivity contribution in [3.63, 3.8) is 0 Å². The van der Waals surface area contributed by atoms with Crippen molar-refractivity contribution >= 4 is 23.5 Å². The maximum Gasteiger partial charge on any atom is 0.346 e. The maximum absolute atomic E-state index is 12.3. The average Bonchev–Trinajstić information content (AvgIpc) is 3.13. The number of carbonyl (C=O) groups excluding carboxylic acids is 3. The zero-order valence-corrected chi connectivity index (χ0v) is 16.5. The van der Waals surface area contributed by atoms with Crippen LogP contribution in [0.1, 0.15) is 71.6 Å². The first-order valence-corrected chi connectivity index (χ1v) is 9.87. The number of esters is 1. The predicted molar refractivity (Wildman–Crippen MR) is 100 cm³/mol. The number of hydrogen-bond acceptors (Lipinski definition) is 6. The van der Waals surface area contributed by atoms with Gasteiger partial charge in [-0.05, 0) is 38.3 Å². The van der Waals surface area contributed by atoms with E-state index in [0.29, 0.717) is 18.6 Å². The molecule has 0 aliphatic carbocycles. The summed E-state index contributed by atoms with van der Waals surface area (Å²) in [5, 5.41) is 8.81. The lowest BCUT2D eigenvalue weighted by molar-refractivity contribution is -0.147. The van der Waals surface area contributed by atoms with Gasteiger partial charge >= 0.3 is 11.9 Å². The first-order chi connectivity index (χ1) is 13.3.